The summed E-state index contributed by atoms with van der Waals surface area (Å²) in [6, 6.07) is 7.45. The second kappa shape index (κ2) is 7.73. The van der Waals surface area contributed by atoms with Crippen molar-refractivity contribution in [2.45, 2.75) is 19.8 Å². The Bertz CT molecular complexity index is 857. The van der Waals surface area contributed by atoms with Crippen molar-refractivity contribution in [1.29, 1.82) is 0 Å². The number of hydrogen-bond donors (Lipinski definition) is 0. The zero-order valence-electron chi connectivity index (χ0n) is 16.1. The summed E-state index contributed by atoms with van der Waals surface area (Å²) < 4.78 is 5.39. The van der Waals surface area contributed by atoms with Crippen molar-refractivity contribution in [3.63, 3.8) is 0 Å². The Morgan fingerprint density at radius 1 is 1.19 bits per heavy atom. The zero-order valence-corrected chi connectivity index (χ0v) is 16.1. The van der Waals surface area contributed by atoms with Gasteiger partial charge in [0.1, 0.15) is 17.5 Å². The predicted octanol–water partition coefficient (Wildman–Crippen LogP) is 2.52. The highest BCUT2D eigenvalue weighted by Crippen LogP contribution is 2.27. The second-order valence-corrected chi connectivity index (χ2v) is 6.50. The van der Waals surface area contributed by atoms with E-state index < -0.39 is 5.92 Å². The van der Waals surface area contributed by atoms with Crippen LogP contribution in [0.3, 0.4) is 0 Å². The number of urea groups is 1. The third-order valence-electron chi connectivity index (χ3n) is 4.95. The summed E-state index contributed by atoms with van der Waals surface area (Å²) in [7, 11) is 4.78. The zero-order chi connectivity index (χ0) is 19.6. The van der Waals surface area contributed by atoms with Crippen LogP contribution in [0.25, 0.3) is 0 Å². The molecule has 3 rings (SSSR count). The van der Waals surface area contributed by atoms with Gasteiger partial charge in [0.2, 0.25) is 5.91 Å². The van der Waals surface area contributed by atoms with Gasteiger partial charge < -0.3 is 4.74 Å². The number of hydrogen-bond acceptors (Lipinski definition) is 5. The number of rotatable bonds is 5. The summed E-state index contributed by atoms with van der Waals surface area (Å²) >= 11 is 0. The minimum Gasteiger partial charge on any atom is -0.496 e. The molecule has 0 N–H and O–H groups in total. The van der Waals surface area contributed by atoms with E-state index in [0.29, 0.717) is 24.5 Å². The highest BCUT2D eigenvalue weighted by molar-refractivity contribution is 6.33. The van der Waals surface area contributed by atoms with Crippen LogP contribution in [-0.2, 0) is 11.2 Å². The standard InChI is InChI=1S/C20H24N4O3/c1-5-13-12-22-18-16(19(25)24(3)20(26)23(18)2)17(13)21-11-10-14-8-6-7-9-15(14)27-4/h6-9,12,16H,5,10-11H2,1-4H3. The van der Waals surface area contributed by atoms with Crippen molar-refractivity contribution in [2.24, 2.45) is 15.9 Å². The molecule has 1 atom stereocenters. The molecule has 0 saturated carbocycles. The van der Waals surface area contributed by atoms with Crippen molar-refractivity contribution < 1.29 is 14.3 Å². The molecule has 0 bridgehead atoms. The van der Waals surface area contributed by atoms with Crippen molar-refractivity contribution in [2.75, 3.05) is 27.7 Å². The van der Waals surface area contributed by atoms with Gasteiger partial charge in [0, 0.05) is 26.8 Å². The summed E-state index contributed by atoms with van der Waals surface area (Å²) in [6.07, 6.45) is 3.13. The summed E-state index contributed by atoms with van der Waals surface area (Å²) in [4.78, 5) is 36.7. The first-order valence-corrected chi connectivity index (χ1v) is 8.98. The predicted molar refractivity (Wildman–Crippen MR) is 104 cm³/mol. The van der Waals surface area contributed by atoms with Crippen molar-refractivity contribution >= 4 is 23.5 Å². The Morgan fingerprint density at radius 3 is 2.63 bits per heavy atom. The number of aliphatic imine (C=N–C) groups is 2. The van der Waals surface area contributed by atoms with Crippen LogP contribution in [0.5, 0.6) is 5.75 Å². The number of carbonyl (C=O) groups excluding carboxylic acids is 2. The minimum absolute atomic E-state index is 0.285. The lowest BCUT2D eigenvalue weighted by Crippen LogP contribution is -2.59. The number of amidine groups is 1. The van der Waals surface area contributed by atoms with Gasteiger partial charge in [-0.25, -0.2) is 9.79 Å². The summed E-state index contributed by atoms with van der Waals surface area (Å²) in [5.41, 5.74) is 2.69. The molecular weight excluding hydrogens is 344 g/mol. The van der Waals surface area contributed by atoms with E-state index in [1.807, 2.05) is 31.2 Å². The van der Waals surface area contributed by atoms with E-state index in [4.69, 9.17) is 9.73 Å². The van der Waals surface area contributed by atoms with Crippen molar-refractivity contribution in [1.82, 2.24) is 9.80 Å². The average Bonchev–Trinajstić information content (AvgIpc) is 2.70. The van der Waals surface area contributed by atoms with E-state index in [9.17, 15) is 9.59 Å². The third kappa shape index (κ3) is 3.37. The molecule has 7 heteroatoms. The maximum Gasteiger partial charge on any atom is 0.331 e. The molecule has 142 valence electrons. The van der Waals surface area contributed by atoms with Gasteiger partial charge >= 0.3 is 6.03 Å². The lowest BCUT2D eigenvalue weighted by Gasteiger charge is -2.37. The Morgan fingerprint density at radius 2 is 1.93 bits per heavy atom. The summed E-state index contributed by atoms with van der Waals surface area (Å²) in [5, 5.41) is 0. The van der Waals surface area contributed by atoms with Gasteiger partial charge in [0.05, 0.1) is 12.8 Å². The quantitative estimate of drug-likeness (QED) is 0.801. The van der Waals surface area contributed by atoms with Crippen LogP contribution < -0.4 is 4.74 Å². The van der Waals surface area contributed by atoms with E-state index in [1.54, 1.807) is 20.4 Å². The Hall–Kier alpha value is -2.96. The number of benzene rings is 1. The lowest BCUT2D eigenvalue weighted by atomic mass is 9.89. The van der Waals surface area contributed by atoms with Crippen LogP contribution in [0.1, 0.15) is 18.9 Å². The smallest absolute Gasteiger partial charge is 0.331 e. The van der Waals surface area contributed by atoms with Gasteiger partial charge in [0.15, 0.2) is 0 Å². The highest BCUT2D eigenvalue weighted by Gasteiger charge is 2.45. The first-order chi connectivity index (χ1) is 13.0. The van der Waals surface area contributed by atoms with Gasteiger partial charge in [-0.15, -0.1) is 0 Å². The molecule has 0 spiro atoms. The fourth-order valence-electron chi connectivity index (χ4n) is 3.38. The second-order valence-electron chi connectivity index (χ2n) is 6.50. The number of amides is 3. The van der Waals surface area contributed by atoms with Crippen LogP contribution in [0.2, 0.25) is 0 Å². The van der Waals surface area contributed by atoms with Crippen LogP contribution >= 0.6 is 0 Å². The fraction of sp³-hybridized carbons (Fsp3) is 0.400. The fourth-order valence-corrected chi connectivity index (χ4v) is 3.38. The number of nitrogens with zero attached hydrogens (tertiary/aromatic N) is 4. The Kier molecular flexibility index (Phi) is 5.39. The SMILES string of the molecule is CCC1=CN=C2C(C(=O)N(C)C(=O)N2C)C1=NCCc1ccccc1OC. The maximum atomic E-state index is 12.8. The number of allylic oxidation sites excluding steroid dienone is 1. The molecule has 0 aromatic heterocycles. The molecule has 1 unspecified atom stereocenters. The first kappa shape index (κ1) is 18.8. The normalized spacial score (nSPS) is 21.2. The summed E-state index contributed by atoms with van der Waals surface area (Å²) in [5.74, 6) is 0.354. The number of methoxy groups -OCH3 is 1. The number of imide groups is 1. The van der Waals surface area contributed by atoms with Crippen LogP contribution in [0, 0.1) is 5.92 Å². The van der Waals surface area contributed by atoms with Crippen LogP contribution in [0.4, 0.5) is 4.79 Å². The maximum absolute atomic E-state index is 12.8. The first-order valence-electron chi connectivity index (χ1n) is 8.98. The highest BCUT2D eigenvalue weighted by atomic mass is 16.5. The largest absolute Gasteiger partial charge is 0.496 e. The van der Waals surface area contributed by atoms with Crippen molar-refractivity contribution in [3.8, 4) is 5.75 Å². The van der Waals surface area contributed by atoms with Crippen molar-refractivity contribution in [3.05, 3.63) is 41.6 Å². The van der Waals surface area contributed by atoms with Gasteiger partial charge in [-0.3, -0.25) is 19.6 Å². The molecule has 7 nitrogen and oxygen atoms in total. The van der Waals surface area contributed by atoms with E-state index in [2.05, 4.69) is 4.99 Å². The molecular formula is C20H24N4O3. The number of fused-ring (bicyclic) bond motifs is 1. The van der Waals surface area contributed by atoms with E-state index in [1.165, 1.54) is 11.9 Å². The van der Waals surface area contributed by atoms with Gasteiger partial charge in [-0.05, 0) is 30.0 Å². The minimum atomic E-state index is -0.629. The number of carbonyl (C=O) groups is 2. The van der Waals surface area contributed by atoms with E-state index in [-0.39, 0.29) is 11.9 Å². The summed E-state index contributed by atoms with van der Waals surface area (Å²) in [6.45, 7) is 2.53. The monoisotopic (exact) mass is 368 g/mol. The van der Waals surface area contributed by atoms with Gasteiger partial charge in [-0.1, -0.05) is 25.1 Å². The topological polar surface area (TPSA) is 74.6 Å². The Balaban J connectivity index is 1.89. The molecule has 0 radical (unpaired) electrons. The van der Waals surface area contributed by atoms with E-state index >= 15 is 0 Å². The molecule has 1 saturated heterocycles. The molecule has 0 aliphatic carbocycles. The molecule has 1 aromatic carbocycles. The molecule has 2 aliphatic heterocycles. The van der Waals surface area contributed by atoms with E-state index in [0.717, 1.165) is 28.2 Å². The number of ether oxygens (including phenoxy) is 1. The lowest BCUT2D eigenvalue weighted by molar-refractivity contribution is -0.128. The molecule has 1 aromatic rings. The van der Waals surface area contributed by atoms with Crippen LogP contribution in [-0.4, -0.2) is 61.0 Å². The molecule has 1 fully saturated rings. The number of para-hydroxylation sites is 1. The average molecular weight is 368 g/mol. The van der Waals surface area contributed by atoms with Gasteiger partial charge in [-0.2, -0.15) is 0 Å². The molecule has 2 heterocycles. The Labute approximate surface area is 159 Å². The molecule has 2 aliphatic rings. The molecule has 3 amide bonds. The molecule has 27 heavy (non-hydrogen) atoms. The third-order valence-corrected chi connectivity index (χ3v) is 4.95. The van der Waals surface area contributed by atoms with Gasteiger partial charge in [0.25, 0.3) is 0 Å². The van der Waals surface area contributed by atoms with Crippen LogP contribution in [0.15, 0.2) is 46.0 Å².